The highest BCUT2D eigenvalue weighted by Crippen LogP contribution is 2.13. The van der Waals surface area contributed by atoms with E-state index in [-0.39, 0.29) is 0 Å². The minimum Gasteiger partial charge on any atom is -0.330 e. The second-order valence-electron chi connectivity index (χ2n) is 1.96. The molecule has 0 fully saturated rings. The molecule has 0 amide bonds. The predicted molar refractivity (Wildman–Crippen MR) is 42.5 cm³/mol. The summed E-state index contributed by atoms with van der Waals surface area (Å²) >= 11 is 1.51. The number of nitrogens with two attached hydrogens (primary N) is 1. The highest BCUT2D eigenvalue weighted by molar-refractivity contribution is 7.13. The fraction of sp³-hybridized carbons (Fsp3) is 0.286. The smallest absolute Gasteiger partial charge is 0.160 e. The van der Waals surface area contributed by atoms with E-state index in [2.05, 4.69) is 0 Å². The van der Waals surface area contributed by atoms with Crippen molar-refractivity contribution in [2.45, 2.75) is 6.42 Å². The van der Waals surface area contributed by atoms with E-state index in [0.29, 0.717) is 6.54 Å². The fourth-order valence-electron chi connectivity index (χ4n) is 0.734. The van der Waals surface area contributed by atoms with Crippen LogP contribution in [0.2, 0.25) is 0 Å². The Morgan fingerprint density at radius 2 is 2.40 bits per heavy atom. The number of hydrogen-bond donors (Lipinski definition) is 1. The van der Waals surface area contributed by atoms with E-state index in [4.69, 9.17) is 5.73 Å². The van der Waals surface area contributed by atoms with Crippen LogP contribution in [-0.2, 0) is 6.42 Å². The fourth-order valence-corrected chi connectivity index (χ4v) is 1.58. The van der Waals surface area contributed by atoms with E-state index in [1.54, 1.807) is 0 Å². The lowest BCUT2D eigenvalue weighted by Crippen LogP contribution is -2.00. The second kappa shape index (κ2) is 3.49. The van der Waals surface area contributed by atoms with Gasteiger partial charge in [-0.05, 0) is 25.1 Å². The maximum Gasteiger partial charge on any atom is 0.160 e. The van der Waals surface area contributed by atoms with Crippen LogP contribution in [0.5, 0.6) is 0 Å². The van der Waals surface area contributed by atoms with Crippen LogP contribution in [0.1, 0.15) is 14.5 Å². The largest absolute Gasteiger partial charge is 0.330 e. The molecule has 54 valence electrons. The Bertz CT molecular complexity index is 219. The van der Waals surface area contributed by atoms with Gasteiger partial charge in [0.15, 0.2) is 6.29 Å². The van der Waals surface area contributed by atoms with E-state index >= 15 is 0 Å². The maximum absolute atomic E-state index is 10.2. The molecule has 0 aliphatic rings. The summed E-state index contributed by atoms with van der Waals surface area (Å²) in [6, 6.07) is 3.77. The van der Waals surface area contributed by atoms with Crippen LogP contribution in [0.3, 0.4) is 0 Å². The molecular formula is C7H9NOS. The average Bonchev–Trinajstić information content (AvgIpc) is 2.37. The Balaban J connectivity index is 2.68. The van der Waals surface area contributed by atoms with Gasteiger partial charge in [-0.3, -0.25) is 4.79 Å². The molecular weight excluding hydrogens is 146 g/mol. The Morgan fingerprint density at radius 1 is 1.60 bits per heavy atom. The lowest BCUT2D eigenvalue weighted by atomic mass is 10.3. The van der Waals surface area contributed by atoms with Gasteiger partial charge in [-0.25, -0.2) is 0 Å². The average molecular weight is 155 g/mol. The number of carbonyl (C=O) groups is 1. The highest BCUT2D eigenvalue weighted by Gasteiger charge is 1.95. The molecule has 1 aromatic rings. The molecule has 0 spiro atoms. The number of carbonyl (C=O) groups excluding carboxylic acids is 1. The van der Waals surface area contributed by atoms with Crippen molar-refractivity contribution in [1.29, 1.82) is 0 Å². The van der Waals surface area contributed by atoms with E-state index in [0.717, 1.165) is 17.6 Å². The zero-order valence-electron chi connectivity index (χ0n) is 5.54. The van der Waals surface area contributed by atoms with E-state index in [1.165, 1.54) is 16.2 Å². The Kier molecular flexibility index (Phi) is 2.59. The maximum atomic E-state index is 10.2. The summed E-state index contributed by atoms with van der Waals surface area (Å²) in [4.78, 5) is 12.2. The van der Waals surface area contributed by atoms with Crippen LogP contribution < -0.4 is 5.73 Å². The molecule has 1 heterocycles. The molecule has 10 heavy (non-hydrogen) atoms. The minimum atomic E-state index is 0.652. The van der Waals surface area contributed by atoms with Gasteiger partial charge in [0.1, 0.15) is 0 Å². The van der Waals surface area contributed by atoms with Crippen molar-refractivity contribution in [3.63, 3.8) is 0 Å². The van der Waals surface area contributed by atoms with E-state index in [9.17, 15) is 4.79 Å². The number of rotatable bonds is 3. The molecule has 3 heteroatoms. The zero-order chi connectivity index (χ0) is 7.40. The quantitative estimate of drug-likeness (QED) is 0.663. The molecule has 2 nitrogen and oxygen atoms in total. The summed E-state index contributed by atoms with van der Waals surface area (Å²) in [7, 11) is 0. The summed E-state index contributed by atoms with van der Waals surface area (Å²) in [6.07, 6.45) is 1.74. The summed E-state index contributed by atoms with van der Waals surface area (Å²) in [5, 5.41) is 0. The first-order chi connectivity index (χ1) is 4.86. The van der Waals surface area contributed by atoms with Crippen molar-refractivity contribution in [2.75, 3.05) is 6.54 Å². The first kappa shape index (κ1) is 7.44. The Morgan fingerprint density at radius 3 is 2.90 bits per heavy atom. The molecule has 0 bridgehead atoms. The zero-order valence-corrected chi connectivity index (χ0v) is 6.36. The highest BCUT2D eigenvalue weighted by atomic mass is 32.1. The summed E-state index contributed by atoms with van der Waals surface area (Å²) in [6.45, 7) is 0.652. The molecule has 1 rings (SSSR count). The molecule has 0 aromatic carbocycles. The van der Waals surface area contributed by atoms with Gasteiger partial charge in [0.05, 0.1) is 4.88 Å². The van der Waals surface area contributed by atoms with Gasteiger partial charge in [0, 0.05) is 4.88 Å². The standard InChI is InChI=1S/C7H9NOS/c8-4-3-6-1-2-7(5-9)10-6/h1-2,5H,3-4,8H2. The monoisotopic (exact) mass is 155 g/mol. The Hall–Kier alpha value is -0.670. The molecule has 1 aromatic heterocycles. The van der Waals surface area contributed by atoms with Crippen molar-refractivity contribution >= 4 is 17.6 Å². The summed E-state index contributed by atoms with van der Waals surface area (Å²) < 4.78 is 0. The lowest BCUT2D eigenvalue weighted by molar-refractivity contribution is 0.112. The van der Waals surface area contributed by atoms with Crippen LogP contribution in [-0.4, -0.2) is 12.8 Å². The molecule has 0 saturated heterocycles. The second-order valence-corrected chi connectivity index (χ2v) is 3.16. The molecule has 0 saturated carbocycles. The van der Waals surface area contributed by atoms with Gasteiger partial charge in [-0.2, -0.15) is 0 Å². The lowest BCUT2D eigenvalue weighted by Gasteiger charge is -1.87. The van der Waals surface area contributed by atoms with E-state index < -0.39 is 0 Å². The van der Waals surface area contributed by atoms with Crippen molar-refractivity contribution in [2.24, 2.45) is 5.73 Å². The van der Waals surface area contributed by atoms with Gasteiger partial charge >= 0.3 is 0 Å². The third-order valence-electron chi connectivity index (χ3n) is 1.19. The molecule has 0 unspecified atom stereocenters. The van der Waals surface area contributed by atoms with Crippen molar-refractivity contribution in [3.8, 4) is 0 Å². The molecule has 0 atom stereocenters. The minimum absolute atomic E-state index is 0.652. The molecule has 0 aliphatic heterocycles. The number of aldehydes is 1. The molecule has 0 radical (unpaired) electrons. The van der Waals surface area contributed by atoms with Gasteiger partial charge in [0.2, 0.25) is 0 Å². The number of hydrogen-bond acceptors (Lipinski definition) is 3. The van der Waals surface area contributed by atoms with Crippen LogP contribution in [0.25, 0.3) is 0 Å². The van der Waals surface area contributed by atoms with Crippen molar-refractivity contribution < 1.29 is 4.79 Å². The normalized spacial score (nSPS) is 9.70. The van der Waals surface area contributed by atoms with Gasteiger partial charge in [0.25, 0.3) is 0 Å². The molecule has 0 aliphatic carbocycles. The van der Waals surface area contributed by atoms with Crippen LogP contribution >= 0.6 is 11.3 Å². The predicted octanol–water partition coefficient (Wildman–Crippen LogP) is 1.06. The van der Waals surface area contributed by atoms with Crippen molar-refractivity contribution in [1.82, 2.24) is 0 Å². The topological polar surface area (TPSA) is 43.1 Å². The van der Waals surface area contributed by atoms with Crippen molar-refractivity contribution in [3.05, 3.63) is 21.9 Å². The van der Waals surface area contributed by atoms with Gasteiger partial charge in [-0.15, -0.1) is 11.3 Å². The van der Waals surface area contributed by atoms with Crippen LogP contribution in [0, 0.1) is 0 Å². The first-order valence-electron chi connectivity index (χ1n) is 3.11. The van der Waals surface area contributed by atoms with Gasteiger partial charge < -0.3 is 5.73 Å². The number of thiophene rings is 1. The summed E-state index contributed by atoms with van der Waals surface area (Å²) in [5.41, 5.74) is 5.33. The molecule has 2 N–H and O–H groups in total. The van der Waals surface area contributed by atoms with Gasteiger partial charge in [-0.1, -0.05) is 0 Å². The first-order valence-corrected chi connectivity index (χ1v) is 3.92. The third kappa shape index (κ3) is 1.65. The third-order valence-corrected chi connectivity index (χ3v) is 2.26. The van der Waals surface area contributed by atoms with Crippen LogP contribution in [0.15, 0.2) is 12.1 Å². The van der Waals surface area contributed by atoms with Crippen LogP contribution in [0.4, 0.5) is 0 Å². The Labute approximate surface area is 63.7 Å². The van der Waals surface area contributed by atoms with E-state index in [1.807, 2.05) is 12.1 Å². The summed E-state index contributed by atoms with van der Waals surface area (Å²) in [5.74, 6) is 0. The SMILES string of the molecule is NCCc1ccc(C=O)s1.